The highest BCUT2D eigenvalue weighted by molar-refractivity contribution is 5.94. The van der Waals surface area contributed by atoms with E-state index in [2.05, 4.69) is 12.2 Å². The monoisotopic (exact) mass is 527 g/mol. The first-order valence-electron chi connectivity index (χ1n) is 13.0. The molecule has 4 unspecified atom stereocenters. The van der Waals surface area contributed by atoms with Crippen LogP contribution >= 0.6 is 0 Å². The van der Waals surface area contributed by atoms with E-state index < -0.39 is 46.4 Å². The van der Waals surface area contributed by atoms with Crippen LogP contribution in [-0.2, 0) is 21.9 Å². The van der Waals surface area contributed by atoms with Crippen molar-refractivity contribution in [2.24, 2.45) is 34.5 Å². The summed E-state index contributed by atoms with van der Waals surface area (Å²) in [4.78, 5) is 25.4. The number of carbonyl (C=O) groups excluding carboxylic acids is 2. The van der Waals surface area contributed by atoms with E-state index in [-0.39, 0.29) is 17.1 Å². The summed E-state index contributed by atoms with van der Waals surface area (Å²) in [6.45, 7) is 4.27. The second-order valence-electron chi connectivity index (χ2n) is 11.9. The predicted molar refractivity (Wildman–Crippen MR) is 125 cm³/mol. The average molecular weight is 528 g/mol. The van der Waals surface area contributed by atoms with Crippen LogP contribution in [0.1, 0.15) is 76.3 Å². The van der Waals surface area contributed by atoms with Crippen LogP contribution in [0.25, 0.3) is 0 Å². The van der Waals surface area contributed by atoms with E-state index in [1.165, 1.54) is 5.57 Å². The van der Waals surface area contributed by atoms with Crippen LogP contribution in [0.5, 0.6) is 0 Å². The molecule has 0 aliphatic heterocycles. The van der Waals surface area contributed by atoms with Gasteiger partial charge in [-0.3, -0.25) is 9.59 Å². The molecule has 3 fully saturated rings. The van der Waals surface area contributed by atoms with Gasteiger partial charge in [-0.2, -0.15) is 26.3 Å². The third kappa shape index (κ3) is 4.30. The molecular formula is C28H31F6NO2. The number of benzene rings is 1. The smallest absolute Gasteiger partial charge is 0.325 e. The van der Waals surface area contributed by atoms with E-state index >= 15 is 0 Å². The SMILES string of the molecule is C[C@]12CCC3C(CCC4=CC(=O)CC[C@@]43C)C1CCC2C(=O)Nc1cc(C(F)(F)F)ccc1C(F)(F)F. The van der Waals surface area contributed by atoms with E-state index in [0.717, 1.165) is 38.5 Å². The zero-order valence-electron chi connectivity index (χ0n) is 20.9. The lowest BCUT2D eigenvalue weighted by molar-refractivity contribution is -0.141. The minimum Gasteiger partial charge on any atom is -0.325 e. The van der Waals surface area contributed by atoms with Gasteiger partial charge in [-0.25, -0.2) is 0 Å². The number of nitrogens with one attached hydrogen (secondary N) is 1. The Bertz CT molecular complexity index is 1150. The van der Waals surface area contributed by atoms with Gasteiger partial charge in [0.1, 0.15) is 0 Å². The molecule has 4 aliphatic rings. The van der Waals surface area contributed by atoms with Gasteiger partial charge in [-0.15, -0.1) is 0 Å². The van der Waals surface area contributed by atoms with Gasteiger partial charge in [0.2, 0.25) is 5.91 Å². The molecule has 1 amide bonds. The molecule has 0 aromatic heterocycles. The van der Waals surface area contributed by atoms with Gasteiger partial charge in [0, 0.05) is 12.3 Å². The summed E-state index contributed by atoms with van der Waals surface area (Å²) in [5, 5.41) is 2.25. The van der Waals surface area contributed by atoms with E-state index in [4.69, 9.17) is 0 Å². The van der Waals surface area contributed by atoms with Gasteiger partial charge in [0.15, 0.2) is 5.78 Å². The van der Waals surface area contributed by atoms with E-state index in [9.17, 15) is 35.9 Å². The molecule has 3 saturated carbocycles. The van der Waals surface area contributed by atoms with Crippen LogP contribution in [0, 0.1) is 34.5 Å². The number of hydrogen-bond donors (Lipinski definition) is 1. The standard InChI is InChI=1S/C28H31F6NO2/c1-25-11-9-17(36)13-15(25)3-5-18-19-7-8-22(26(19,2)12-10-20(18)25)24(37)35-23-14-16(27(29,30)31)4-6-21(23)28(32,33)34/h4,6,13-14,18-20,22H,3,5,7-12H2,1-2H3,(H,35,37)/t18?,19?,20?,22?,25-,26-/m0/s1. The third-order valence-electron chi connectivity index (χ3n) is 10.2. The lowest BCUT2D eigenvalue weighted by Crippen LogP contribution is -2.51. The van der Waals surface area contributed by atoms with Crippen LogP contribution < -0.4 is 5.32 Å². The Balaban J connectivity index is 1.40. The number of carbonyl (C=O) groups is 2. The average Bonchev–Trinajstić information content (AvgIpc) is 3.15. The van der Waals surface area contributed by atoms with Crippen LogP contribution in [0.3, 0.4) is 0 Å². The highest BCUT2D eigenvalue weighted by atomic mass is 19.4. The molecule has 9 heteroatoms. The lowest BCUT2D eigenvalue weighted by atomic mass is 9.47. The minimum absolute atomic E-state index is 0.0435. The summed E-state index contributed by atoms with van der Waals surface area (Å²) < 4.78 is 80.4. The van der Waals surface area contributed by atoms with E-state index in [0.29, 0.717) is 42.9 Å². The molecule has 3 nitrogen and oxygen atoms in total. The zero-order valence-corrected chi connectivity index (χ0v) is 20.9. The van der Waals surface area contributed by atoms with Crippen molar-refractivity contribution >= 4 is 17.4 Å². The number of alkyl halides is 6. The number of rotatable bonds is 2. The zero-order chi connectivity index (χ0) is 27.0. The molecule has 0 bridgehead atoms. The summed E-state index contributed by atoms with van der Waals surface area (Å²) in [5.41, 5.74) is -2.63. The Kier molecular flexibility index (Phi) is 6.11. The van der Waals surface area contributed by atoms with Gasteiger partial charge >= 0.3 is 12.4 Å². The Morgan fingerprint density at radius 3 is 2.32 bits per heavy atom. The number of anilines is 1. The predicted octanol–water partition coefficient (Wildman–Crippen LogP) is 7.81. The highest BCUT2D eigenvalue weighted by Gasteiger charge is 2.60. The Hall–Kier alpha value is -2.32. The van der Waals surface area contributed by atoms with Crippen molar-refractivity contribution < 1.29 is 35.9 Å². The van der Waals surface area contributed by atoms with Crippen molar-refractivity contribution in [3.63, 3.8) is 0 Å². The Morgan fingerprint density at radius 1 is 0.919 bits per heavy atom. The molecule has 0 heterocycles. The van der Waals surface area contributed by atoms with Crippen LogP contribution in [0.2, 0.25) is 0 Å². The third-order valence-corrected chi connectivity index (χ3v) is 10.2. The second-order valence-corrected chi connectivity index (χ2v) is 11.9. The fourth-order valence-electron chi connectivity index (χ4n) is 8.28. The van der Waals surface area contributed by atoms with Crippen molar-refractivity contribution in [2.45, 2.75) is 77.6 Å². The maximum Gasteiger partial charge on any atom is 0.418 e. The molecule has 1 aromatic rings. The topological polar surface area (TPSA) is 46.2 Å². The molecule has 1 aromatic carbocycles. The summed E-state index contributed by atoms with van der Waals surface area (Å²) in [6, 6.07) is 1.15. The van der Waals surface area contributed by atoms with Crippen LogP contribution in [0.15, 0.2) is 29.8 Å². The Labute approximate surface area is 212 Å². The molecule has 37 heavy (non-hydrogen) atoms. The molecular weight excluding hydrogens is 496 g/mol. The van der Waals surface area contributed by atoms with E-state index in [1.807, 2.05) is 13.0 Å². The number of ketones is 1. The van der Waals surface area contributed by atoms with Crippen molar-refractivity contribution in [3.05, 3.63) is 41.0 Å². The first-order chi connectivity index (χ1) is 17.1. The van der Waals surface area contributed by atoms with Gasteiger partial charge < -0.3 is 5.32 Å². The lowest BCUT2D eigenvalue weighted by Gasteiger charge is -2.58. The molecule has 0 radical (unpaired) electrons. The highest BCUT2D eigenvalue weighted by Crippen LogP contribution is 2.66. The quantitative estimate of drug-likeness (QED) is 0.399. The molecule has 0 saturated heterocycles. The fourth-order valence-corrected chi connectivity index (χ4v) is 8.28. The summed E-state index contributed by atoms with van der Waals surface area (Å²) in [7, 11) is 0. The molecule has 5 rings (SSSR count). The molecule has 0 spiro atoms. The molecule has 6 atom stereocenters. The van der Waals surface area contributed by atoms with E-state index in [1.54, 1.807) is 0 Å². The Morgan fingerprint density at radius 2 is 1.65 bits per heavy atom. The number of hydrogen-bond acceptors (Lipinski definition) is 2. The van der Waals surface area contributed by atoms with Gasteiger partial charge in [0.05, 0.1) is 16.8 Å². The van der Waals surface area contributed by atoms with Crippen LogP contribution in [0.4, 0.5) is 32.0 Å². The summed E-state index contributed by atoms with van der Waals surface area (Å²) in [5.74, 6) is -0.0866. The van der Waals surface area contributed by atoms with Crippen molar-refractivity contribution in [3.8, 4) is 0 Å². The fraction of sp³-hybridized carbons (Fsp3) is 0.643. The summed E-state index contributed by atoms with van der Waals surface area (Å²) >= 11 is 0. The molecule has 1 N–H and O–H groups in total. The number of amides is 1. The first-order valence-corrected chi connectivity index (χ1v) is 13.0. The second kappa shape index (κ2) is 8.60. The van der Waals surface area contributed by atoms with Crippen molar-refractivity contribution in [2.75, 3.05) is 5.32 Å². The number of fused-ring (bicyclic) bond motifs is 5. The van der Waals surface area contributed by atoms with Gasteiger partial charge in [-0.05, 0) is 97.8 Å². The molecule has 4 aliphatic carbocycles. The maximum atomic E-state index is 13.6. The van der Waals surface area contributed by atoms with Crippen LogP contribution in [-0.4, -0.2) is 11.7 Å². The molecule has 202 valence electrons. The maximum absolute atomic E-state index is 13.6. The van der Waals surface area contributed by atoms with Crippen molar-refractivity contribution in [1.82, 2.24) is 0 Å². The minimum atomic E-state index is -4.91. The summed E-state index contributed by atoms with van der Waals surface area (Å²) in [6.07, 6.45) is -1.96. The number of allylic oxidation sites excluding steroid dienone is 1. The van der Waals surface area contributed by atoms with Gasteiger partial charge in [-0.1, -0.05) is 19.4 Å². The number of halogens is 6. The normalized spacial score (nSPS) is 35.8. The van der Waals surface area contributed by atoms with Crippen molar-refractivity contribution in [1.29, 1.82) is 0 Å². The van der Waals surface area contributed by atoms with Gasteiger partial charge in [0.25, 0.3) is 0 Å². The first kappa shape index (κ1) is 26.3. The largest absolute Gasteiger partial charge is 0.418 e.